The Morgan fingerprint density at radius 2 is 1.65 bits per heavy atom. The third-order valence-electron chi connectivity index (χ3n) is 2.88. The van der Waals surface area contributed by atoms with Crippen LogP contribution in [-0.2, 0) is 16.6 Å². The molecule has 0 aliphatic rings. The summed E-state index contributed by atoms with van der Waals surface area (Å²) in [4.78, 5) is 4.25. The Balaban J connectivity index is 2.06. The fraction of sp³-hybridized carbons (Fsp3) is 0.214. The number of anilines is 1. The van der Waals surface area contributed by atoms with E-state index >= 15 is 0 Å². The van der Waals surface area contributed by atoms with E-state index in [0.29, 0.717) is 6.54 Å². The molecule has 0 radical (unpaired) electrons. The van der Waals surface area contributed by atoms with Gasteiger partial charge in [0, 0.05) is 38.7 Å². The zero-order valence-corrected chi connectivity index (χ0v) is 12.3. The van der Waals surface area contributed by atoms with Crippen LogP contribution in [0.1, 0.15) is 5.56 Å². The molecule has 20 heavy (non-hydrogen) atoms. The number of hydrogen-bond donors (Lipinski definition) is 1. The Bertz CT molecular complexity index is 653. The molecule has 106 valence electrons. The molecule has 2 aromatic rings. The lowest BCUT2D eigenvalue weighted by Gasteiger charge is -2.12. The zero-order chi connectivity index (χ0) is 14.6. The van der Waals surface area contributed by atoms with Gasteiger partial charge in [-0.05, 0) is 42.0 Å². The molecule has 2 rings (SSSR count). The summed E-state index contributed by atoms with van der Waals surface area (Å²) in [6.45, 7) is 0.669. The minimum atomic E-state index is -3.36. The van der Waals surface area contributed by atoms with E-state index in [1.807, 2.05) is 12.1 Å². The average molecular weight is 291 g/mol. The third kappa shape index (κ3) is 3.34. The Morgan fingerprint density at radius 3 is 2.20 bits per heavy atom. The highest BCUT2D eigenvalue weighted by molar-refractivity contribution is 7.89. The highest BCUT2D eigenvalue weighted by Crippen LogP contribution is 2.17. The molecule has 1 N–H and O–H groups in total. The summed E-state index contributed by atoms with van der Waals surface area (Å²) < 4.78 is 25.0. The van der Waals surface area contributed by atoms with Gasteiger partial charge in [-0.15, -0.1) is 0 Å². The molecule has 0 saturated carbocycles. The minimum Gasteiger partial charge on any atom is -0.381 e. The maximum absolute atomic E-state index is 11.9. The van der Waals surface area contributed by atoms with Gasteiger partial charge < -0.3 is 5.32 Å². The SMILES string of the molecule is CN(C)S(=O)(=O)c1ccc(NCc2ccncc2)cc1. The minimum absolute atomic E-state index is 0.289. The predicted molar refractivity (Wildman–Crippen MR) is 78.9 cm³/mol. The largest absolute Gasteiger partial charge is 0.381 e. The van der Waals surface area contributed by atoms with Crippen molar-refractivity contribution in [3.8, 4) is 0 Å². The monoisotopic (exact) mass is 291 g/mol. The van der Waals surface area contributed by atoms with Crippen LogP contribution in [0.4, 0.5) is 5.69 Å². The molecule has 0 fully saturated rings. The smallest absolute Gasteiger partial charge is 0.242 e. The van der Waals surface area contributed by atoms with Gasteiger partial charge in [0.15, 0.2) is 0 Å². The normalized spacial score (nSPS) is 11.6. The molecule has 0 aliphatic heterocycles. The molecular weight excluding hydrogens is 274 g/mol. The second-order valence-electron chi connectivity index (χ2n) is 4.52. The lowest BCUT2D eigenvalue weighted by atomic mass is 10.2. The van der Waals surface area contributed by atoms with E-state index in [1.54, 1.807) is 36.7 Å². The molecule has 0 aliphatic carbocycles. The summed E-state index contributed by atoms with van der Waals surface area (Å²) in [5, 5.41) is 3.23. The topological polar surface area (TPSA) is 62.3 Å². The first-order valence-electron chi connectivity index (χ1n) is 6.15. The van der Waals surface area contributed by atoms with Crippen molar-refractivity contribution in [2.75, 3.05) is 19.4 Å². The maximum atomic E-state index is 11.9. The van der Waals surface area contributed by atoms with Crippen LogP contribution in [0.2, 0.25) is 0 Å². The standard InChI is InChI=1S/C14H17N3O2S/c1-17(2)20(18,19)14-5-3-13(4-6-14)16-11-12-7-9-15-10-8-12/h3-10,16H,11H2,1-2H3. The van der Waals surface area contributed by atoms with Crippen LogP contribution < -0.4 is 5.32 Å². The number of rotatable bonds is 5. The van der Waals surface area contributed by atoms with Gasteiger partial charge in [-0.2, -0.15) is 0 Å². The van der Waals surface area contributed by atoms with Crippen molar-refractivity contribution < 1.29 is 8.42 Å². The molecule has 0 saturated heterocycles. The van der Waals surface area contributed by atoms with Crippen LogP contribution in [0.25, 0.3) is 0 Å². The van der Waals surface area contributed by atoms with Crippen LogP contribution in [0, 0.1) is 0 Å². The van der Waals surface area contributed by atoms with E-state index < -0.39 is 10.0 Å². The van der Waals surface area contributed by atoms with Crippen LogP contribution in [-0.4, -0.2) is 31.8 Å². The van der Waals surface area contributed by atoms with Crippen molar-refractivity contribution in [2.24, 2.45) is 0 Å². The lowest BCUT2D eigenvalue weighted by Crippen LogP contribution is -2.22. The summed E-state index contributed by atoms with van der Waals surface area (Å²) in [7, 11) is -0.326. The van der Waals surface area contributed by atoms with E-state index in [1.165, 1.54) is 18.4 Å². The lowest BCUT2D eigenvalue weighted by molar-refractivity contribution is 0.521. The van der Waals surface area contributed by atoms with Gasteiger partial charge >= 0.3 is 0 Å². The van der Waals surface area contributed by atoms with Crippen molar-refractivity contribution in [2.45, 2.75) is 11.4 Å². The first-order chi connectivity index (χ1) is 9.50. The van der Waals surface area contributed by atoms with Gasteiger partial charge in [0.2, 0.25) is 10.0 Å². The van der Waals surface area contributed by atoms with Gasteiger partial charge in [-0.25, -0.2) is 12.7 Å². The van der Waals surface area contributed by atoms with Crippen LogP contribution in [0.3, 0.4) is 0 Å². The second kappa shape index (κ2) is 6.02. The molecule has 0 bridgehead atoms. The van der Waals surface area contributed by atoms with E-state index in [0.717, 1.165) is 11.3 Å². The molecule has 5 nitrogen and oxygen atoms in total. The molecule has 0 atom stereocenters. The maximum Gasteiger partial charge on any atom is 0.242 e. The number of hydrogen-bond acceptors (Lipinski definition) is 4. The first-order valence-corrected chi connectivity index (χ1v) is 7.59. The second-order valence-corrected chi connectivity index (χ2v) is 6.67. The number of benzene rings is 1. The number of nitrogens with zero attached hydrogens (tertiary/aromatic N) is 2. The number of pyridine rings is 1. The Kier molecular flexibility index (Phi) is 4.36. The molecule has 1 aromatic carbocycles. The number of nitrogens with one attached hydrogen (secondary N) is 1. The highest BCUT2D eigenvalue weighted by atomic mass is 32.2. The molecular formula is C14H17N3O2S. The Labute approximate surface area is 119 Å². The van der Waals surface area contributed by atoms with E-state index in [9.17, 15) is 8.42 Å². The first kappa shape index (κ1) is 14.5. The fourth-order valence-corrected chi connectivity index (χ4v) is 2.56. The van der Waals surface area contributed by atoms with Crippen LogP contribution in [0.5, 0.6) is 0 Å². The molecule has 1 aromatic heterocycles. The summed E-state index contributed by atoms with van der Waals surface area (Å²) in [6, 6.07) is 10.6. The molecule has 0 unspecified atom stereocenters. The van der Waals surface area contributed by atoms with Crippen molar-refractivity contribution in [3.05, 3.63) is 54.4 Å². The van der Waals surface area contributed by atoms with E-state index in [-0.39, 0.29) is 4.90 Å². The van der Waals surface area contributed by atoms with Gasteiger partial charge in [0.1, 0.15) is 0 Å². The van der Waals surface area contributed by atoms with Crippen LogP contribution >= 0.6 is 0 Å². The summed E-state index contributed by atoms with van der Waals surface area (Å²) in [5.74, 6) is 0. The predicted octanol–water partition coefficient (Wildman–Crippen LogP) is 1.94. The van der Waals surface area contributed by atoms with Gasteiger partial charge in [-0.1, -0.05) is 0 Å². The average Bonchev–Trinajstić information content (AvgIpc) is 2.46. The van der Waals surface area contributed by atoms with E-state index in [2.05, 4.69) is 10.3 Å². The molecule has 0 amide bonds. The fourth-order valence-electron chi connectivity index (χ4n) is 1.66. The van der Waals surface area contributed by atoms with Crippen molar-refractivity contribution in [3.63, 3.8) is 0 Å². The molecule has 1 heterocycles. The zero-order valence-electron chi connectivity index (χ0n) is 11.4. The summed E-state index contributed by atoms with van der Waals surface area (Å²) in [5.41, 5.74) is 1.99. The number of sulfonamides is 1. The number of aromatic nitrogens is 1. The van der Waals surface area contributed by atoms with Crippen molar-refractivity contribution in [1.29, 1.82) is 0 Å². The van der Waals surface area contributed by atoms with Gasteiger partial charge in [0.25, 0.3) is 0 Å². The summed E-state index contributed by atoms with van der Waals surface area (Å²) in [6.07, 6.45) is 3.48. The van der Waals surface area contributed by atoms with Gasteiger partial charge in [0.05, 0.1) is 4.90 Å². The third-order valence-corrected chi connectivity index (χ3v) is 4.71. The van der Waals surface area contributed by atoms with Crippen molar-refractivity contribution in [1.82, 2.24) is 9.29 Å². The summed E-state index contributed by atoms with van der Waals surface area (Å²) >= 11 is 0. The van der Waals surface area contributed by atoms with Gasteiger partial charge in [-0.3, -0.25) is 4.98 Å². The Hall–Kier alpha value is -1.92. The quantitative estimate of drug-likeness (QED) is 0.914. The molecule has 0 spiro atoms. The Morgan fingerprint density at radius 1 is 1.05 bits per heavy atom. The molecule has 6 heteroatoms. The highest BCUT2D eigenvalue weighted by Gasteiger charge is 2.16. The van der Waals surface area contributed by atoms with E-state index in [4.69, 9.17) is 0 Å². The van der Waals surface area contributed by atoms with Crippen molar-refractivity contribution >= 4 is 15.7 Å². The van der Waals surface area contributed by atoms with Crippen LogP contribution in [0.15, 0.2) is 53.7 Å².